The molecule has 1 atom stereocenters. The molecule has 1 aliphatic heterocycles. The van der Waals surface area contributed by atoms with Gasteiger partial charge in [-0.25, -0.2) is 4.79 Å². The van der Waals surface area contributed by atoms with Crippen molar-refractivity contribution in [1.29, 1.82) is 0 Å². The van der Waals surface area contributed by atoms with Gasteiger partial charge in [-0.15, -0.1) is 0 Å². The Morgan fingerprint density at radius 1 is 0.841 bits per heavy atom. The number of carbonyl (C=O) groups is 3. The molecule has 9 heteroatoms. The number of hydrogen-bond acceptors (Lipinski definition) is 8. The highest BCUT2D eigenvalue weighted by atomic mass is 16.6. The molecular formula is C35H41NO8. The maximum absolute atomic E-state index is 13.7. The summed E-state index contributed by atoms with van der Waals surface area (Å²) in [5, 5.41) is 0. The van der Waals surface area contributed by atoms with Crippen LogP contribution in [-0.4, -0.2) is 61.8 Å². The van der Waals surface area contributed by atoms with Gasteiger partial charge in [0.25, 0.3) is 0 Å². The van der Waals surface area contributed by atoms with Gasteiger partial charge in [0, 0.05) is 24.2 Å². The third-order valence-corrected chi connectivity index (χ3v) is 7.12. The molecule has 0 aliphatic carbocycles. The molecule has 3 aromatic rings. The molecule has 1 heterocycles. The molecule has 0 saturated carbocycles. The quantitative estimate of drug-likeness (QED) is 0.133. The number of Topliss-reactive ketones (excluding diaryl/α,β-unsaturated/α-hetero) is 1. The molecule has 3 aromatic carbocycles. The number of esters is 1. The highest BCUT2D eigenvalue weighted by molar-refractivity contribution is 6.01. The summed E-state index contributed by atoms with van der Waals surface area (Å²) in [4.78, 5) is 41.0. The van der Waals surface area contributed by atoms with Crippen LogP contribution < -0.4 is 9.47 Å². The van der Waals surface area contributed by atoms with Gasteiger partial charge < -0.3 is 28.6 Å². The van der Waals surface area contributed by atoms with Crippen molar-refractivity contribution in [3.8, 4) is 11.5 Å². The van der Waals surface area contributed by atoms with Gasteiger partial charge in [0.2, 0.25) is 5.78 Å². The molecule has 1 unspecified atom stereocenters. The van der Waals surface area contributed by atoms with Gasteiger partial charge in [-0.3, -0.25) is 9.59 Å². The lowest BCUT2D eigenvalue weighted by molar-refractivity contribution is -0.154. The van der Waals surface area contributed by atoms with E-state index in [4.69, 9.17) is 23.7 Å². The average molecular weight is 604 g/mol. The predicted octanol–water partition coefficient (Wildman–Crippen LogP) is 6.41. The molecule has 9 nitrogen and oxygen atoms in total. The van der Waals surface area contributed by atoms with Crippen LogP contribution in [0.5, 0.6) is 11.5 Å². The minimum absolute atomic E-state index is 0.354. The lowest BCUT2D eigenvalue weighted by Gasteiger charge is -2.33. The Bertz CT molecular complexity index is 1360. The summed E-state index contributed by atoms with van der Waals surface area (Å²) < 4.78 is 28.0. The maximum Gasteiger partial charge on any atom is 0.410 e. The van der Waals surface area contributed by atoms with Crippen molar-refractivity contribution in [1.82, 2.24) is 4.90 Å². The maximum atomic E-state index is 13.7. The lowest BCUT2D eigenvalue weighted by atomic mass is 9.96. The smallest absolute Gasteiger partial charge is 0.410 e. The summed E-state index contributed by atoms with van der Waals surface area (Å²) in [7, 11) is 1.56. The number of likely N-dealkylation sites (tertiary alicyclic amines) is 1. The molecule has 1 aliphatic rings. The number of nitrogens with zero attached hydrogens (tertiary/aromatic N) is 1. The van der Waals surface area contributed by atoms with Crippen molar-refractivity contribution in [2.45, 2.75) is 51.9 Å². The number of carbonyl (C=O) groups excluding carboxylic acids is 3. The number of methoxy groups -OCH3 is 1. The summed E-state index contributed by atoms with van der Waals surface area (Å²) in [6, 6.07) is 23.5. The SMILES string of the molecule is COc1ccc(C(OC(=O)C2CCN(C(=O)OC(C)(C)C)CC2)C(=O)c2ccc(OCCOCc3ccccc3)cc2)cc1. The Morgan fingerprint density at radius 2 is 1.48 bits per heavy atom. The molecular weight excluding hydrogens is 562 g/mol. The van der Waals surface area contributed by atoms with Crippen LogP contribution in [0.4, 0.5) is 4.79 Å². The van der Waals surface area contributed by atoms with Gasteiger partial charge in [0.15, 0.2) is 6.10 Å². The van der Waals surface area contributed by atoms with Crippen LogP contribution in [0.15, 0.2) is 78.9 Å². The van der Waals surface area contributed by atoms with E-state index in [1.807, 2.05) is 51.1 Å². The van der Waals surface area contributed by atoms with E-state index >= 15 is 0 Å². The molecule has 0 spiro atoms. The van der Waals surface area contributed by atoms with Gasteiger partial charge in [0.05, 0.1) is 26.2 Å². The molecule has 1 fully saturated rings. The fourth-order valence-electron chi connectivity index (χ4n) is 4.74. The minimum atomic E-state index is -1.14. The molecule has 0 aromatic heterocycles. The van der Waals surface area contributed by atoms with Gasteiger partial charge in [-0.1, -0.05) is 42.5 Å². The van der Waals surface area contributed by atoms with Gasteiger partial charge >= 0.3 is 12.1 Å². The van der Waals surface area contributed by atoms with Crippen LogP contribution in [0.3, 0.4) is 0 Å². The number of piperidine rings is 1. The number of rotatable bonds is 12. The second-order valence-electron chi connectivity index (χ2n) is 11.6. The van der Waals surface area contributed by atoms with Crippen LogP contribution in [0.1, 0.15) is 61.2 Å². The van der Waals surface area contributed by atoms with Crippen molar-refractivity contribution in [3.05, 3.63) is 95.6 Å². The molecule has 0 N–H and O–H groups in total. The van der Waals surface area contributed by atoms with Crippen LogP contribution >= 0.6 is 0 Å². The largest absolute Gasteiger partial charge is 0.497 e. The molecule has 0 radical (unpaired) electrons. The number of benzene rings is 3. The van der Waals surface area contributed by atoms with Crippen LogP contribution in [-0.2, 0) is 25.6 Å². The monoisotopic (exact) mass is 603 g/mol. The van der Waals surface area contributed by atoms with E-state index in [0.29, 0.717) is 68.4 Å². The number of amides is 1. The fourth-order valence-corrected chi connectivity index (χ4v) is 4.74. The van der Waals surface area contributed by atoms with Gasteiger partial charge in [-0.05, 0) is 75.6 Å². The Balaban J connectivity index is 1.36. The zero-order valence-electron chi connectivity index (χ0n) is 25.8. The Morgan fingerprint density at radius 3 is 2.09 bits per heavy atom. The molecule has 1 amide bonds. The first-order valence-corrected chi connectivity index (χ1v) is 14.8. The van der Waals surface area contributed by atoms with E-state index in [-0.39, 0.29) is 5.78 Å². The van der Waals surface area contributed by atoms with E-state index in [0.717, 1.165) is 5.56 Å². The first-order chi connectivity index (χ1) is 21.1. The summed E-state index contributed by atoms with van der Waals surface area (Å²) in [5.41, 5.74) is 1.41. The minimum Gasteiger partial charge on any atom is -0.497 e. The number of hydrogen-bond donors (Lipinski definition) is 0. The van der Waals surface area contributed by atoms with Crippen molar-refractivity contribution in [2.24, 2.45) is 5.92 Å². The second-order valence-corrected chi connectivity index (χ2v) is 11.6. The van der Waals surface area contributed by atoms with Crippen LogP contribution in [0.25, 0.3) is 0 Å². The summed E-state index contributed by atoms with van der Waals surface area (Å²) >= 11 is 0. The van der Waals surface area contributed by atoms with E-state index in [1.165, 1.54) is 0 Å². The van der Waals surface area contributed by atoms with Crippen molar-refractivity contribution in [2.75, 3.05) is 33.4 Å². The highest BCUT2D eigenvalue weighted by Gasteiger charge is 2.34. The number of ketones is 1. The summed E-state index contributed by atoms with van der Waals surface area (Å²) in [6.45, 7) is 7.47. The van der Waals surface area contributed by atoms with E-state index in [9.17, 15) is 14.4 Å². The topological polar surface area (TPSA) is 101 Å². The zero-order chi connectivity index (χ0) is 31.5. The predicted molar refractivity (Wildman–Crippen MR) is 165 cm³/mol. The molecule has 1 saturated heterocycles. The summed E-state index contributed by atoms with van der Waals surface area (Å²) in [5.74, 6) is -0.0531. The first-order valence-electron chi connectivity index (χ1n) is 14.8. The Labute approximate surface area is 259 Å². The third-order valence-electron chi connectivity index (χ3n) is 7.12. The molecule has 0 bridgehead atoms. The van der Waals surface area contributed by atoms with Crippen molar-refractivity contribution >= 4 is 17.8 Å². The lowest BCUT2D eigenvalue weighted by Crippen LogP contribution is -2.43. The second kappa shape index (κ2) is 15.4. The van der Waals surface area contributed by atoms with E-state index in [1.54, 1.807) is 60.5 Å². The Hall–Kier alpha value is -4.37. The summed E-state index contributed by atoms with van der Waals surface area (Å²) in [6.07, 6.45) is -0.705. The van der Waals surface area contributed by atoms with Crippen LogP contribution in [0.2, 0.25) is 0 Å². The van der Waals surface area contributed by atoms with Gasteiger partial charge in [0.1, 0.15) is 23.7 Å². The first kappa shape index (κ1) is 32.5. The zero-order valence-corrected chi connectivity index (χ0v) is 25.8. The van der Waals surface area contributed by atoms with Gasteiger partial charge in [-0.2, -0.15) is 0 Å². The molecule has 234 valence electrons. The van der Waals surface area contributed by atoms with E-state index in [2.05, 4.69) is 0 Å². The van der Waals surface area contributed by atoms with Crippen molar-refractivity contribution < 1.29 is 38.1 Å². The fraction of sp³-hybridized carbons (Fsp3) is 0.400. The van der Waals surface area contributed by atoms with E-state index < -0.39 is 29.7 Å². The highest BCUT2D eigenvalue weighted by Crippen LogP contribution is 2.29. The number of ether oxygens (including phenoxy) is 5. The molecule has 44 heavy (non-hydrogen) atoms. The Kier molecular flexibility index (Phi) is 11.4. The normalized spacial score (nSPS) is 14.4. The van der Waals surface area contributed by atoms with Crippen molar-refractivity contribution in [3.63, 3.8) is 0 Å². The van der Waals surface area contributed by atoms with Crippen LogP contribution in [0, 0.1) is 5.92 Å². The molecule has 4 rings (SSSR count). The standard InChI is InChI=1S/C35H41NO8/c1-35(2,3)44-34(39)36-20-18-28(19-21-36)33(38)43-32(27-12-14-29(40-4)15-13-27)31(37)26-10-16-30(17-11-26)42-23-22-41-24-25-8-6-5-7-9-25/h5-17,28,32H,18-24H2,1-4H3. The third kappa shape index (κ3) is 9.57. The average Bonchev–Trinajstić information content (AvgIpc) is 3.03.